The molecule has 150 valence electrons. The third kappa shape index (κ3) is 9.32. The van der Waals surface area contributed by atoms with Crippen LogP contribution in [-0.4, -0.2) is 37.1 Å². The van der Waals surface area contributed by atoms with Crippen molar-refractivity contribution in [3.8, 4) is 5.75 Å². The van der Waals surface area contributed by atoms with Crippen molar-refractivity contribution in [2.75, 3.05) is 19.7 Å². The van der Waals surface area contributed by atoms with E-state index in [0.29, 0.717) is 18.3 Å². The van der Waals surface area contributed by atoms with Crippen molar-refractivity contribution < 1.29 is 13.5 Å². The summed E-state index contributed by atoms with van der Waals surface area (Å²) in [6.45, 7) is 5.29. The minimum Gasteiger partial charge on any atom is -0.488 e. The average molecular weight is 510 g/mol. The second-order valence-electron chi connectivity index (χ2n) is 5.58. The van der Waals surface area contributed by atoms with E-state index in [1.807, 2.05) is 19.9 Å². The molecule has 2 N–H and O–H groups in total. The summed E-state index contributed by atoms with van der Waals surface area (Å²) in [5.74, 6) is 1.13. The maximum absolute atomic E-state index is 12.2. The molecule has 0 fully saturated rings. The van der Waals surface area contributed by atoms with Crippen LogP contribution in [0.1, 0.15) is 23.2 Å². The standard InChI is InChI=1S/C18H24F2N4OS.HI/c1-3-21-18(22-8-7-15-12-26-13(2)24-15)23-10-14-5-4-6-16(9-14)25-11-17(19)20;/h4-6,9,12,17H,3,7-8,10-11H2,1-2H3,(H2,21,22,23);1H. The minimum absolute atomic E-state index is 0. The van der Waals surface area contributed by atoms with Crippen LogP contribution in [0.4, 0.5) is 8.78 Å². The number of nitrogens with one attached hydrogen (secondary N) is 2. The number of hydrogen-bond acceptors (Lipinski definition) is 4. The molecule has 2 rings (SSSR count). The van der Waals surface area contributed by atoms with Crippen LogP contribution in [0.2, 0.25) is 0 Å². The summed E-state index contributed by atoms with van der Waals surface area (Å²) < 4.78 is 29.5. The number of hydrogen-bond donors (Lipinski definition) is 2. The Labute approximate surface area is 179 Å². The van der Waals surface area contributed by atoms with E-state index in [2.05, 4.69) is 26.0 Å². The Bertz CT molecular complexity index is 712. The highest BCUT2D eigenvalue weighted by atomic mass is 127. The molecule has 27 heavy (non-hydrogen) atoms. The number of rotatable bonds is 9. The molecule has 0 saturated heterocycles. The van der Waals surface area contributed by atoms with Gasteiger partial charge in [0.05, 0.1) is 17.2 Å². The van der Waals surface area contributed by atoms with Gasteiger partial charge in [0, 0.05) is 24.9 Å². The number of thiazole rings is 1. The molecule has 0 saturated carbocycles. The van der Waals surface area contributed by atoms with Crippen molar-refractivity contribution in [3.05, 3.63) is 45.9 Å². The van der Waals surface area contributed by atoms with Gasteiger partial charge >= 0.3 is 0 Å². The van der Waals surface area contributed by atoms with Gasteiger partial charge in [-0.15, -0.1) is 35.3 Å². The number of aliphatic imine (C=N–C) groups is 1. The number of ether oxygens (including phenoxy) is 1. The Balaban J connectivity index is 0.00000364. The molecule has 1 aromatic carbocycles. The van der Waals surface area contributed by atoms with Crippen molar-refractivity contribution >= 4 is 41.3 Å². The normalized spacial score (nSPS) is 11.2. The molecule has 0 aliphatic rings. The van der Waals surface area contributed by atoms with Gasteiger partial charge in [0.2, 0.25) is 0 Å². The molecule has 9 heteroatoms. The van der Waals surface area contributed by atoms with Crippen LogP contribution in [0, 0.1) is 6.92 Å². The van der Waals surface area contributed by atoms with Gasteiger partial charge in [-0.05, 0) is 31.5 Å². The molecule has 0 spiro atoms. The lowest BCUT2D eigenvalue weighted by atomic mass is 10.2. The van der Waals surface area contributed by atoms with Crippen LogP contribution in [0.3, 0.4) is 0 Å². The van der Waals surface area contributed by atoms with Gasteiger partial charge in [-0.25, -0.2) is 18.8 Å². The number of guanidine groups is 1. The Hall–Kier alpha value is -1.49. The largest absolute Gasteiger partial charge is 0.488 e. The second-order valence-corrected chi connectivity index (χ2v) is 6.64. The monoisotopic (exact) mass is 510 g/mol. The highest BCUT2D eigenvalue weighted by Crippen LogP contribution is 2.15. The molecule has 2 aromatic rings. The van der Waals surface area contributed by atoms with Crippen LogP contribution in [0.25, 0.3) is 0 Å². The van der Waals surface area contributed by atoms with Gasteiger partial charge in [0.15, 0.2) is 5.96 Å². The molecule has 0 unspecified atom stereocenters. The lowest BCUT2D eigenvalue weighted by Gasteiger charge is -2.11. The molecule has 0 atom stereocenters. The Morgan fingerprint density at radius 2 is 2.15 bits per heavy atom. The van der Waals surface area contributed by atoms with E-state index in [4.69, 9.17) is 4.74 Å². The summed E-state index contributed by atoms with van der Waals surface area (Å²) in [6, 6.07) is 7.05. The lowest BCUT2D eigenvalue weighted by Crippen LogP contribution is -2.38. The summed E-state index contributed by atoms with van der Waals surface area (Å²) >= 11 is 1.64. The maximum atomic E-state index is 12.2. The van der Waals surface area contributed by atoms with E-state index >= 15 is 0 Å². The first-order valence-corrected chi connectivity index (χ1v) is 9.38. The van der Waals surface area contributed by atoms with Gasteiger partial charge in [-0.3, -0.25) is 0 Å². The second kappa shape index (κ2) is 12.8. The van der Waals surface area contributed by atoms with Gasteiger partial charge in [-0.2, -0.15) is 0 Å². The van der Waals surface area contributed by atoms with E-state index in [-0.39, 0.29) is 24.0 Å². The maximum Gasteiger partial charge on any atom is 0.272 e. The van der Waals surface area contributed by atoms with Crippen LogP contribution in [0.5, 0.6) is 5.75 Å². The predicted octanol–water partition coefficient (Wildman–Crippen LogP) is 4.01. The van der Waals surface area contributed by atoms with Crippen molar-refractivity contribution in [3.63, 3.8) is 0 Å². The first-order valence-electron chi connectivity index (χ1n) is 8.50. The van der Waals surface area contributed by atoms with Crippen molar-refractivity contribution in [2.24, 2.45) is 4.99 Å². The molecule has 0 aliphatic heterocycles. The van der Waals surface area contributed by atoms with E-state index in [1.165, 1.54) is 0 Å². The number of alkyl halides is 2. The predicted molar refractivity (Wildman–Crippen MR) is 117 cm³/mol. The first-order chi connectivity index (χ1) is 12.6. The molecule has 0 aliphatic carbocycles. The van der Waals surface area contributed by atoms with Crippen molar-refractivity contribution in [1.82, 2.24) is 15.6 Å². The fraction of sp³-hybridized carbons (Fsp3) is 0.444. The Morgan fingerprint density at radius 1 is 1.33 bits per heavy atom. The summed E-state index contributed by atoms with van der Waals surface area (Å²) in [4.78, 5) is 8.97. The zero-order valence-corrected chi connectivity index (χ0v) is 18.5. The van der Waals surface area contributed by atoms with Gasteiger partial charge in [-0.1, -0.05) is 12.1 Å². The molecular weight excluding hydrogens is 485 g/mol. The number of halogens is 3. The highest BCUT2D eigenvalue weighted by molar-refractivity contribution is 14.0. The Kier molecular flexibility index (Phi) is 11.2. The third-order valence-corrected chi connectivity index (χ3v) is 4.20. The van der Waals surface area contributed by atoms with Gasteiger partial charge in [0.1, 0.15) is 12.4 Å². The van der Waals surface area contributed by atoms with Crippen LogP contribution < -0.4 is 15.4 Å². The summed E-state index contributed by atoms with van der Waals surface area (Å²) in [6.07, 6.45) is -1.66. The molecule has 5 nitrogen and oxygen atoms in total. The molecule has 1 aromatic heterocycles. The first kappa shape index (κ1) is 23.5. The zero-order valence-electron chi connectivity index (χ0n) is 15.4. The van der Waals surface area contributed by atoms with Crippen molar-refractivity contribution in [2.45, 2.75) is 33.2 Å². The van der Waals surface area contributed by atoms with Crippen molar-refractivity contribution in [1.29, 1.82) is 0 Å². The number of aromatic nitrogens is 1. The van der Waals surface area contributed by atoms with E-state index in [1.54, 1.807) is 29.5 Å². The average Bonchev–Trinajstić information content (AvgIpc) is 3.03. The Morgan fingerprint density at radius 3 is 2.81 bits per heavy atom. The van der Waals surface area contributed by atoms with E-state index in [9.17, 15) is 8.78 Å². The fourth-order valence-corrected chi connectivity index (χ4v) is 2.88. The zero-order chi connectivity index (χ0) is 18.8. The van der Waals surface area contributed by atoms with E-state index < -0.39 is 13.0 Å². The molecule has 0 bridgehead atoms. The summed E-state index contributed by atoms with van der Waals surface area (Å²) in [5.41, 5.74) is 1.96. The number of benzene rings is 1. The van der Waals surface area contributed by atoms with Crippen LogP contribution >= 0.6 is 35.3 Å². The SMILES string of the molecule is CCNC(=NCc1cccc(OCC(F)F)c1)NCCc1csc(C)n1.I. The summed E-state index contributed by atoms with van der Waals surface area (Å²) in [7, 11) is 0. The smallest absolute Gasteiger partial charge is 0.272 e. The molecular formula is C18H25F2IN4OS. The minimum atomic E-state index is -2.48. The quantitative estimate of drug-likeness (QED) is 0.304. The van der Waals surface area contributed by atoms with E-state index in [0.717, 1.165) is 35.8 Å². The molecule has 0 amide bonds. The fourth-order valence-electron chi connectivity index (χ4n) is 2.24. The highest BCUT2D eigenvalue weighted by Gasteiger charge is 2.05. The molecule has 0 radical (unpaired) electrons. The van der Waals surface area contributed by atoms with Crippen LogP contribution in [-0.2, 0) is 13.0 Å². The summed E-state index contributed by atoms with van der Waals surface area (Å²) in [5, 5.41) is 9.59. The third-order valence-electron chi connectivity index (χ3n) is 3.38. The van der Waals surface area contributed by atoms with Gasteiger partial charge < -0.3 is 15.4 Å². The van der Waals surface area contributed by atoms with Gasteiger partial charge in [0.25, 0.3) is 6.43 Å². The topological polar surface area (TPSA) is 58.5 Å². The number of aryl methyl sites for hydroxylation is 1. The molecule has 1 heterocycles. The lowest BCUT2D eigenvalue weighted by molar-refractivity contribution is 0.0818. The number of nitrogens with zero attached hydrogens (tertiary/aromatic N) is 2. The van der Waals surface area contributed by atoms with Crippen LogP contribution in [0.15, 0.2) is 34.6 Å².